The second-order valence-corrected chi connectivity index (χ2v) is 5.92. The first kappa shape index (κ1) is 15.9. The lowest BCUT2D eigenvalue weighted by Gasteiger charge is -2.39. The molecule has 2 rings (SSSR count). The Balaban J connectivity index is 1.96. The molecule has 1 aromatic carbocycles. The maximum Gasteiger partial charge on any atom is 0.238 e. The molecule has 1 atom stereocenters. The highest BCUT2D eigenvalue weighted by atomic mass is 16.2. The summed E-state index contributed by atoms with van der Waals surface area (Å²) < 4.78 is 0. The van der Waals surface area contributed by atoms with Gasteiger partial charge in [0.2, 0.25) is 5.91 Å². The van der Waals surface area contributed by atoms with Crippen molar-refractivity contribution in [3.8, 4) is 0 Å². The van der Waals surface area contributed by atoms with Crippen LogP contribution >= 0.6 is 0 Å². The van der Waals surface area contributed by atoms with Gasteiger partial charge in [-0.25, -0.2) is 0 Å². The second kappa shape index (κ2) is 7.02. The fourth-order valence-corrected chi connectivity index (χ4v) is 2.74. The van der Waals surface area contributed by atoms with Crippen LogP contribution in [0.1, 0.15) is 11.1 Å². The monoisotopic (exact) mass is 290 g/mol. The molecule has 1 saturated heterocycles. The standard InChI is InChI=1S/C16H26N4O/c1-12-5-4-6-15(13(12)2)18-16(21)11-20-8-7-19(3)10-14(20)9-17/h4-6,14H,7-11,17H2,1-3H3,(H,18,21). The molecule has 1 aromatic rings. The number of nitrogens with zero attached hydrogens (tertiary/aromatic N) is 2. The number of carbonyl (C=O) groups is 1. The zero-order valence-electron chi connectivity index (χ0n) is 13.2. The first-order valence-corrected chi connectivity index (χ1v) is 7.50. The normalized spacial score (nSPS) is 20.5. The summed E-state index contributed by atoms with van der Waals surface area (Å²) in [5.74, 6) is 0.0340. The summed E-state index contributed by atoms with van der Waals surface area (Å²) in [6.07, 6.45) is 0. The van der Waals surface area contributed by atoms with E-state index in [2.05, 4.69) is 35.2 Å². The number of nitrogens with two attached hydrogens (primary N) is 1. The van der Waals surface area contributed by atoms with E-state index in [4.69, 9.17) is 5.73 Å². The van der Waals surface area contributed by atoms with Gasteiger partial charge in [-0.1, -0.05) is 12.1 Å². The van der Waals surface area contributed by atoms with E-state index in [0.29, 0.717) is 13.1 Å². The third kappa shape index (κ3) is 4.03. The smallest absolute Gasteiger partial charge is 0.238 e. The number of likely N-dealkylation sites (N-methyl/N-ethyl adjacent to an activating group) is 1. The van der Waals surface area contributed by atoms with Gasteiger partial charge in [-0.05, 0) is 38.1 Å². The lowest BCUT2D eigenvalue weighted by Crippen LogP contribution is -2.56. The van der Waals surface area contributed by atoms with E-state index in [1.54, 1.807) is 0 Å². The minimum Gasteiger partial charge on any atom is -0.329 e. The van der Waals surface area contributed by atoms with Gasteiger partial charge in [0.05, 0.1) is 6.54 Å². The molecule has 0 spiro atoms. The topological polar surface area (TPSA) is 61.6 Å². The highest BCUT2D eigenvalue weighted by molar-refractivity contribution is 5.93. The van der Waals surface area contributed by atoms with Gasteiger partial charge in [-0.3, -0.25) is 9.69 Å². The van der Waals surface area contributed by atoms with Crippen molar-refractivity contribution in [3.05, 3.63) is 29.3 Å². The van der Waals surface area contributed by atoms with E-state index >= 15 is 0 Å². The van der Waals surface area contributed by atoms with Gasteiger partial charge in [-0.15, -0.1) is 0 Å². The SMILES string of the molecule is Cc1cccc(NC(=O)CN2CCN(C)CC2CN)c1C. The Labute approximate surface area is 127 Å². The van der Waals surface area contributed by atoms with Gasteiger partial charge < -0.3 is 16.0 Å². The van der Waals surface area contributed by atoms with Crippen molar-refractivity contribution >= 4 is 11.6 Å². The predicted molar refractivity (Wildman–Crippen MR) is 86.5 cm³/mol. The Morgan fingerprint density at radius 2 is 2.14 bits per heavy atom. The first-order valence-electron chi connectivity index (χ1n) is 7.50. The number of aryl methyl sites for hydroxylation is 1. The average molecular weight is 290 g/mol. The number of nitrogens with one attached hydrogen (secondary N) is 1. The van der Waals surface area contributed by atoms with Gasteiger partial charge in [0.1, 0.15) is 0 Å². The van der Waals surface area contributed by atoms with Gasteiger partial charge in [0, 0.05) is 37.9 Å². The van der Waals surface area contributed by atoms with E-state index in [0.717, 1.165) is 30.9 Å². The van der Waals surface area contributed by atoms with Crippen LogP contribution in [0.5, 0.6) is 0 Å². The van der Waals surface area contributed by atoms with Crippen molar-refractivity contribution in [2.75, 3.05) is 45.1 Å². The van der Waals surface area contributed by atoms with Crippen LogP contribution in [0, 0.1) is 13.8 Å². The van der Waals surface area contributed by atoms with Gasteiger partial charge in [0.25, 0.3) is 0 Å². The zero-order chi connectivity index (χ0) is 15.4. The molecule has 0 aliphatic carbocycles. The highest BCUT2D eigenvalue weighted by Crippen LogP contribution is 2.18. The number of hydrogen-bond donors (Lipinski definition) is 2. The first-order chi connectivity index (χ1) is 10.0. The van der Waals surface area contributed by atoms with Crippen molar-refractivity contribution in [3.63, 3.8) is 0 Å². The Bertz CT molecular complexity index is 503. The number of rotatable bonds is 4. The molecule has 1 amide bonds. The number of hydrogen-bond acceptors (Lipinski definition) is 4. The summed E-state index contributed by atoms with van der Waals surface area (Å²) in [6.45, 7) is 7.86. The molecule has 1 unspecified atom stereocenters. The summed E-state index contributed by atoms with van der Waals surface area (Å²) in [5, 5.41) is 3.02. The molecule has 1 aliphatic heterocycles. The summed E-state index contributed by atoms with van der Waals surface area (Å²) >= 11 is 0. The van der Waals surface area contributed by atoms with Gasteiger partial charge >= 0.3 is 0 Å². The van der Waals surface area contributed by atoms with Crippen molar-refractivity contribution in [1.29, 1.82) is 0 Å². The zero-order valence-corrected chi connectivity index (χ0v) is 13.2. The summed E-state index contributed by atoms with van der Waals surface area (Å²) in [5.41, 5.74) is 9.04. The quantitative estimate of drug-likeness (QED) is 0.862. The molecular formula is C16H26N4O. The lowest BCUT2D eigenvalue weighted by atomic mass is 10.1. The van der Waals surface area contributed by atoms with E-state index in [9.17, 15) is 4.79 Å². The van der Waals surface area contributed by atoms with E-state index in [-0.39, 0.29) is 11.9 Å². The molecule has 0 bridgehead atoms. The third-order valence-corrected chi connectivity index (χ3v) is 4.31. The summed E-state index contributed by atoms with van der Waals surface area (Å²) in [7, 11) is 2.09. The molecule has 0 saturated carbocycles. The minimum absolute atomic E-state index is 0.0340. The molecule has 5 nitrogen and oxygen atoms in total. The van der Waals surface area contributed by atoms with Crippen LogP contribution in [0.25, 0.3) is 0 Å². The van der Waals surface area contributed by atoms with Crippen LogP contribution in [0.2, 0.25) is 0 Å². The molecule has 5 heteroatoms. The number of carbonyl (C=O) groups excluding carboxylic acids is 1. The van der Waals surface area contributed by atoms with Crippen LogP contribution in [-0.4, -0.2) is 61.5 Å². The second-order valence-electron chi connectivity index (χ2n) is 5.92. The maximum absolute atomic E-state index is 12.3. The molecule has 0 aromatic heterocycles. The Kier molecular flexibility index (Phi) is 5.33. The molecule has 1 fully saturated rings. The van der Waals surface area contributed by atoms with Crippen LogP contribution < -0.4 is 11.1 Å². The van der Waals surface area contributed by atoms with Gasteiger partial charge in [0.15, 0.2) is 0 Å². The van der Waals surface area contributed by atoms with Crippen molar-refractivity contribution in [2.24, 2.45) is 5.73 Å². The summed E-state index contributed by atoms with van der Waals surface area (Å²) in [4.78, 5) is 16.7. The molecular weight excluding hydrogens is 264 g/mol. The van der Waals surface area contributed by atoms with E-state index < -0.39 is 0 Å². The van der Waals surface area contributed by atoms with Crippen molar-refractivity contribution in [1.82, 2.24) is 9.80 Å². The van der Waals surface area contributed by atoms with Gasteiger partial charge in [-0.2, -0.15) is 0 Å². The highest BCUT2D eigenvalue weighted by Gasteiger charge is 2.25. The molecule has 1 aliphatic rings. The predicted octanol–water partition coefficient (Wildman–Crippen LogP) is 0.817. The fourth-order valence-electron chi connectivity index (χ4n) is 2.74. The van der Waals surface area contributed by atoms with Crippen molar-refractivity contribution < 1.29 is 4.79 Å². The molecule has 0 radical (unpaired) electrons. The number of piperazine rings is 1. The van der Waals surface area contributed by atoms with E-state index in [1.807, 2.05) is 19.1 Å². The number of amides is 1. The minimum atomic E-state index is 0.0340. The summed E-state index contributed by atoms with van der Waals surface area (Å²) in [6, 6.07) is 6.23. The molecule has 1 heterocycles. The average Bonchev–Trinajstić information content (AvgIpc) is 2.45. The molecule has 116 valence electrons. The Morgan fingerprint density at radius 3 is 2.86 bits per heavy atom. The maximum atomic E-state index is 12.3. The molecule has 3 N–H and O–H groups in total. The lowest BCUT2D eigenvalue weighted by molar-refractivity contribution is -0.118. The Morgan fingerprint density at radius 1 is 1.38 bits per heavy atom. The number of anilines is 1. The van der Waals surface area contributed by atoms with Crippen LogP contribution in [0.15, 0.2) is 18.2 Å². The van der Waals surface area contributed by atoms with Crippen molar-refractivity contribution in [2.45, 2.75) is 19.9 Å². The van der Waals surface area contributed by atoms with Crippen LogP contribution in [-0.2, 0) is 4.79 Å². The Hall–Kier alpha value is -1.43. The van der Waals surface area contributed by atoms with Crippen LogP contribution in [0.4, 0.5) is 5.69 Å². The fraction of sp³-hybridized carbons (Fsp3) is 0.562. The van der Waals surface area contributed by atoms with Crippen LogP contribution in [0.3, 0.4) is 0 Å². The van der Waals surface area contributed by atoms with E-state index in [1.165, 1.54) is 5.56 Å². The largest absolute Gasteiger partial charge is 0.329 e. The third-order valence-electron chi connectivity index (χ3n) is 4.31. The molecule has 21 heavy (non-hydrogen) atoms. The number of benzene rings is 1.